The van der Waals surface area contributed by atoms with Gasteiger partial charge in [-0.2, -0.15) is 0 Å². The molecule has 1 aliphatic heterocycles. The molecular weight excluding hydrogens is 210 g/mol. The topological polar surface area (TPSA) is 20.3 Å². The number of piperidine rings is 1. The average Bonchev–Trinajstić information content (AvgIpc) is 2.14. The van der Waals surface area contributed by atoms with Crippen LogP contribution in [0.2, 0.25) is 0 Å². The summed E-state index contributed by atoms with van der Waals surface area (Å²) in [6.45, 7) is 17.1. The predicted octanol–water partition coefficient (Wildman–Crippen LogP) is 3.36. The lowest BCUT2D eigenvalue weighted by atomic mass is 9.74. The molecule has 1 fully saturated rings. The first-order chi connectivity index (χ1) is 7.53. The van der Waals surface area contributed by atoms with E-state index < -0.39 is 0 Å². The zero-order valence-electron chi connectivity index (χ0n) is 12.6. The second kappa shape index (κ2) is 4.72. The fourth-order valence-corrected chi connectivity index (χ4v) is 2.58. The molecule has 2 atom stereocenters. The SMILES string of the molecule is C[C@H]1CCN(C(C)(C)C)C[C@@H]1C(=O)C(C)(C)C. The summed E-state index contributed by atoms with van der Waals surface area (Å²) in [5.74, 6) is 1.17. The molecule has 1 rings (SSSR count). The Hall–Kier alpha value is -0.370. The summed E-state index contributed by atoms with van der Waals surface area (Å²) in [4.78, 5) is 14.9. The van der Waals surface area contributed by atoms with Crippen molar-refractivity contribution in [3.63, 3.8) is 0 Å². The molecule has 0 aromatic rings. The highest BCUT2D eigenvalue weighted by Gasteiger charge is 2.39. The molecule has 1 saturated heterocycles. The number of rotatable bonds is 1. The molecule has 1 aliphatic rings. The summed E-state index contributed by atoms with van der Waals surface area (Å²) in [6, 6.07) is 0. The Bertz CT molecular complexity index is 282. The van der Waals surface area contributed by atoms with E-state index in [2.05, 4.69) is 32.6 Å². The second-order valence-electron chi connectivity index (χ2n) is 7.60. The number of carbonyl (C=O) groups excluding carboxylic acids is 1. The largest absolute Gasteiger partial charge is 0.299 e. The number of likely N-dealkylation sites (tertiary alicyclic amines) is 1. The number of nitrogens with zero attached hydrogens (tertiary/aromatic N) is 1. The second-order valence-corrected chi connectivity index (χ2v) is 7.60. The van der Waals surface area contributed by atoms with E-state index in [0.29, 0.717) is 11.7 Å². The van der Waals surface area contributed by atoms with Crippen LogP contribution in [0, 0.1) is 17.3 Å². The summed E-state index contributed by atoms with van der Waals surface area (Å²) in [7, 11) is 0. The van der Waals surface area contributed by atoms with Gasteiger partial charge in [0.2, 0.25) is 0 Å². The maximum atomic E-state index is 12.5. The van der Waals surface area contributed by atoms with E-state index in [1.54, 1.807) is 0 Å². The molecule has 0 unspecified atom stereocenters. The van der Waals surface area contributed by atoms with E-state index in [9.17, 15) is 4.79 Å². The summed E-state index contributed by atoms with van der Waals surface area (Å²) < 4.78 is 0. The molecule has 2 nitrogen and oxygen atoms in total. The van der Waals surface area contributed by atoms with Gasteiger partial charge in [0, 0.05) is 23.4 Å². The third-order valence-electron chi connectivity index (χ3n) is 3.98. The lowest BCUT2D eigenvalue weighted by Crippen LogP contribution is -2.52. The number of ketones is 1. The molecule has 0 aromatic carbocycles. The van der Waals surface area contributed by atoms with Crippen molar-refractivity contribution in [2.45, 2.75) is 60.4 Å². The minimum absolute atomic E-state index is 0.177. The van der Waals surface area contributed by atoms with Crippen LogP contribution in [0.1, 0.15) is 54.9 Å². The highest BCUT2D eigenvalue weighted by Crippen LogP contribution is 2.33. The molecule has 0 bridgehead atoms. The van der Waals surface area contributed by atoms with E-state index in [0.717, 1.165) is 19.5 Å². The number of carbonyl (C=O) groups is 1. The molecule has 0 aliphatic carbocycles. The molecule has 100 valence electrons. The van der Waals surface area contributed by atoms with E-state index in [1.165, 1.54) is 0 Å². The Kier molecular flexibility index (Phi) is 4.08. The summed E-state index contributed by atoms with van der Waals surface area (Å²) in [5.41, 5.74) is -0.0314. The lowest BCUT2D eigenvalue weighted by Gasteiger charge is -2.45. The van der Waals surface area contributed by atoms with Crippen LogP contribution in [0.25, 0.3) is 0 Å². The molecule has 0 radical (unpaired) electrons. The Morgan fingerprint density at radius 3 is 2.06 bits per heavy atom. The van der Waals surface area contributed by atoms with Gasteiger partial charge in [0.25, 0.3) is 0 Å². The van der Waals surface area contributed by atoms with Crippen molar-refractivity contribution in [3.05, 3.63) is 0 Å². The van der Waals surface area contributed by atoms with Gasteiger partial charge >= 0.3 is 0 Å². The van der Waals surface area contributed by atoms with Crippen molar-refractivity contribution < 1.29 is 4.79 Å². The van der Waals surface area contributed by atoms with Gasteiger partial charge in [-0.3, -0.25) is 9.69 Å². The maximum absolute atomic E-state index is 12.5. The lowest BCUT2D eigenvalue weighted by molar-refractivity contribution is -0.135. The third-order valence-corrected chi connectivity index (χ3v) is 3.98. The van der Waals surface area contributed by atoms with Crippen molar-refractivity contribution in [2.24, 2.45) is 17.3 Å². The quantitative estimate of drug-likeness (QED) is 0.699. The average molecular weight is 239 g/mol. The van der Waals surface area contributed by atoms with E-state index in [-0.39, 0.29) is 16.9 Å². The standard InChI is InChI=1S/C15H29NO/c1-11-8-9-16(15(5,6)7)10-12(11)13(17)14(2,3)4/h11-12H,8-10H2,1-7H3/t11-,12-/m0/s1. The summed E-state index contributed by atoms with van der Waals surface area (Å²) in [5, 5.41) is 0. The first kappa shape index (κ1) is 14.7. The van der Waals surface area contributed by atoms with Crippen molar-refractivity contribution in [3.8, 4) is 0 Å². The van der Waals surface area contributed by atoms with Crippen molar-refractivity contribution in [1.82, 2.24) is 4.90 Å². The fraction of sp³-hybridized carbons (Fsp3) is 0.933. The van der Waals surface area contributed by atoms with Crippen LogP contribution >= 0.6 is 0 Å². The number of hydrogen-bond donors (Lipinski definition) is 0. The third kappa shape index (κ3) is 3.54. The van der Waals surface area contributed by atoms with Gasteiger partial charge in [-0.15, -0.1) is 0 Å². The van der Waals surface area contributed by atoms with Gasteiger partial charge in [0.1, 0.15) is 5.78 Å². The number of hydrogen-bond acceptors (Lipinski definition) is 2. The fourth-order valence-electron chi connectivity index (χ4n) is 2.58. The Labute approximate surface area is 107 Å². The van der Waals surface area contributed by atoms with Gasteiger partial charge in [-0.1, -0.05) is 27.7 Å². The first-order valence-corrected chi connectivity index (χ1v) is 6.83. The van der Waals surface area contributed by atoms with Gasteiger partial charge in [-0.05, 0) is 39.7 Å². The highest BCUT2D eigenvalue weighted by molar-refractivity contribution is 5.86. The Morgan fingerprint density at radius 1 is 1.12 bits per heavy atom. The minimum atomic E-state index is -0.209. The monoisotopic (exact) mass is 239 g/mol. The van der Waals surface area contributed by atoms with Gasteiger partial charge < -0.3 is 0 Å². The zero-order chi connectivity index (χ0) is 13.4. The summed E-state index contributed by atoms with van der Waals surface area (Å²) in [6.07, 6.45) is 1.14. The van der Waals surface area contributed by atoms with Crippen LogP contribution in [-0.2, 0) is 4.79 Å². The summed E-state index contributed by atoms with van der Waals surface area (Å²) >= 11 is 0. The Morgan fingerprint density at radius 2 is 1.65 bits per heavy atom. The maximum Gasteiger partial charge on any atom is 0.142 e. The van der Waals surface area contributed by atoms with E-state index in [4.69, 9.17) is 0 Å². The van der Waals surface area contributed by atoms with Gasteiger partial charge in [0.15, 0.2) is 0 Å². The van der Waals surface area contributed by atoms with Crippen LogP contribution in [0.4, 0.5) is 0 Å². The normalized spacial score (nSPS) is 28.2. The molecule has 0 N–H and O–H groups in total. The van der Waals surface area contributed by atoms with Crippen LogP contribution in [0.5, 0.6) is 0 Å². The molecule has 17 heavy (non-hydrogen) atoms. The zero-order valence-corrected chi connectivity index (χ0v) is 12.6. The van der Waals surface area contributed by atoms with E-state index in [1.807, 2.05) is 20.8 Å². The van der Waals surface area contributed by atoms with Crippen LogP contribution in [-0.4, -0.2) is 29.3 Å². The van der Waals surface area contributed by atoms with Crippen molar-refractivity contribution >= 4 is 5.78 Å². The van der Waals surface area contributed by atoms with Gasteiger partial charge in [-0.25, -0.2) is 0 Å². The molecule has 2 heteroatoms. The highest BCUT2D eigenvalue weighted by atomic mass is 16.1. The van der Waals surface area contributed by atoms with Crippen LogP contribution < -0.4 is 0 Å². The smallest absolute Gasteiger partial charge is 0.142 e. The van der Waals surface area contributed by atoms with Gasteiger partial charge in [0.05, 0.1) is 0 Å². The molecular formula is C15H29NO. The van der Waals surface area contributed by atoms with Crippen molar-refractivity contribution in [1.29, 1.82) is 0 Å². The molecule has 0 aromatic heterocycles. The molecule has 0 saturated carbocycles. The minimum Gasteiger partial charge on any atom is -0.299 e. The predicted molar refractivity (Wildman–Crippen MR) is 73.1 cm³/mol. The van der Waals surface area contributed by atoms with Crippen molar-refractivity contribution in [2.75, 3.05) is 13.1 Å². The van der Waals surface area contributed by atoms with Crippen LogP contribution in [0.15, 0.2) is 0 Å². The van der Waals surface area contributed by atoms with Crippen LogP contribution in [0.3, 0.4) is 0 Å². The van der Waals surface area contributed by atoms with E-state index >= 15 is 0 Å². The molecule has 0 amide bonds. The molecule has 1 heterocycles. The Balaban J connectivity index is 2.81. The number of Topliss-reactive ketones (excluding diaryl/α,β-unsaturated/α-hetero) is 1. The first-order valence-electron chi connectivity index (χ1n) is 6.83. The molecule has 0 spiro atoms.